The average Bonchev–Trinajstić information content (AvgIpc) is 3.31. The van der Waals surface area contributed by atoms with Crippen molar-refractivity contribution in [1.29, 1.82) is 0 Å². The number of hydrogen-bond acceptors (Lipinski definition) is 4. The van der Waals surface area contributed by atoms with Crippen LogP contribution in [0.3, 0.4) is 0 Å². The molecule has 4 saturated heterocycles. The lowest BCUT2D eigenvalue weighted by Crippen LogP contribution is -2.46. The normalized spacial score (nSPS) is 37.6. The van der Waals surface area contributed by atoms with E-state index >= 15 is 0 Å². The summed E-state index contributed by atoms with van der Waals surface area (Å²) in [6.07, 6.45) is 3.75. The number of hydrogen-bond donors (Lipinski definition) is 1. The maximum Gasteiger partial charge on any atom is 0.194 e. The molecule has 4 aliphatic rings. The maximum atomic E-state index is 6.11. The lowest BCUT2D eigenvalue weighted by Gasteiger charge is -2.33. The van der Waals surface area contributed by atoms with Gasteiger partial charge in [-0.15, -0.1) is 0 Å². The lowest BCUT2D eigenvalue weighted by molar-refractivity contribution is -0.0262. The van der Waals surface area contributed by atoms with Crippen molar-refractivity contribution in [2.24, 2.45) is 22.7 Å². The molecule has 148 valence electrons. The summed E-state index contributed by atoms with van der Waals surface area (Å²) in [5.41, 5.74) is 0. The smallest absolute Gasteiger partial charge is 0.194 e. The number of ether oxygens (including phenoxy) is 2. The van der Waals surface area contributed by atoms with Gasteiger partial charge in [-0.3, -0.25) is 9.89 Å². The average molecular weight is 365 g/mol. The second-order valence-corrected chi connectivity index (χ2v) is 8.86. The molecule has 2 bridgehead atoms. The van der Waals surface area contributed by atoms with Gasteiger partial charge in [-0.25, -0.2) is 0 Å². The summed E-state index contributed by atoms with van der Waals surface area (Å²) in [5.74, 6) is 3.21. The Labute approximate surface area is 158 Å². The molecule has 0 radical (unpaired) electrons. The Hall–Kier alpha value is -0.850. The van der Waals surface area contributed by atoms with Gasteiger partial charge < -0.3 is 19.7 Å². The Morgan fingerprint density at radius 3 is 2.54 bits per heavy atom. The standard InChI is InChI=1S/C20H36N4O2/c1-4-21-20(22-9-15-11-23(7-8-25-15)10-14(2)3)24-12-16-17(13-24)19-6-5-18(16)26-19/h14-19H,4-13H2,1-3H3,(H,21,22). The quantitative estimate of drug-likeness (QED) is 0.591. The second kappa shape index (κ2) is 8.03. The summed E-state index contributed by atoms with van der Waals surface area (Å²) < 4.78 is 12.1. The Balaban J connectivity index is 1.34. The Bertz CT molecular complexity index is 494. The number of morpholine rings is 1. The molecule has 5 atom stereocenters. The van der Waals surface area contributed by atoms with E-state index in [1.165, 1.54) is 12.8 Å². The van der Waals surface area contributed by atoms with Crippen molar-refractivity contribution in [1.82, 2.24) is 15.1 Å². The van der Waals surface area contributed by atoms with Gasteiger partial charge in [0.1, 0.15) is 0 Å². The highest BCUT2D eigenvalue weighted by Gasteiger charge is 2.53. The number of nitrogens with one attached hydrogen (secondary N) is 1. The fourth-order valence-electron chi connectivity index (χ4n) is 5.32. The Kier molecular flexibility index (Phi) is 5.72. The van der Waals surface area contributed by atoms with Crippen LogP contribution in [-0.2, 0) is 9.47 Å². The van der Waals surface area contributed by atoms with Gasteiger partial charge in [-0.2, -0.15) is 0 Å². The highest BCUT2D eigenvalue weighted by atomic mass is 16.5. The third-order valence-corrected chi connectivity index (χ3v) is 6.38. The molecule has 0 aromatic heterocycles. The van der Waals surface area contributed by atoms with Gasteiger partial charge in [0, 0.05) is 51.1 Å². The number of fused-ring (bicyclic) bond motifs is 5. The molecule has 4 aliphatic heterocycles. The summed E-state index contributed by atoms with van der Waals surface area (Å²) >= 11 is 0. The monoisotopic (exact) mass is 364 g/mol. The van der Waals surface area contributed by atoms with Crippen LogP contribution >= 0.6 is 0 Å². The van der Waals surface area contributed by atoms with Crippen LogP contribution < -0.4 is 5.32 Å². The molecule has 0 amide bonds. The Morgan fingerprint density at radius 1 is 1.15 bits per heavy atom. The van der Waals surface area contributed by atoms with Crippen molar-refractivity contribution >= 4 is 5.96 Å². The van der Waals surface area contributed by atoms with Gasteiger partial charge in [-0.1, -0.05) is 13.8 Å². The number of likely N-dealkylation sites (tertiary alicyclic amines) is 1. The van der Waals surface area contributed by atoms with Gasteiger partial charge in [-0.05, 0) is 25.7 Å². The highest BCUT2D eigenvalue weighted by molar-refractivity contribution is 5.80. The molecular weight excluding hydrogens is 328 g/mol. The molecule has 0 aliphatic carbocycles. The van der Waals surface area contributed by atoms with E-state index in [9.17, 15) is 0 Å². The summed E-state index contributed by atoms with van der Waals surface area (Å²) in [6, 6.07) is 0. The fourth-order valence-corrected chi connectivity index (χ4v) is 5.32. The van der Waals surface area contributed by atoms with Crippen LogP contribution in [0.5, 0.6) is 0 Å². The number of rotatable bonds is 5. The van der Waals surface area contributed by atoms with Crippen LogP contribution in [0.2, 0.25) is 0 Å². The van der Waals surface area contributed by atoms with Crippen LogP contribution in [0.25, 0.3) is 0 Å². The molecule has 1 N–H and O–H groups in total. The van der Waals surface area contributed by atoms with E-state index in [2.05, 4.69) is 35.9 Å². The SMILES string of the molecule is CCNC(=NCC1CN(CC(C)C)CCO1)N1CC2C3CCC(O3)C2C1. The molecule has 26 heavy (non-hydrogen) atoms. The third kappa shape index (κ3) is 3.87. The lowest BCUT2D eigenvalue weighted by atomic mass is 9.82. The minimum Gasteiger partial charge on any atom is -0.374 e. The predicted octanol–water partition coefficient (Wildman–Crippen LogP) is 1.42. The molecular formula is C20H36N4O2. The minimum absolute atomic E-state index is 0.220. The number of guanidine groups is 1. The van der Waals surface area contributed by atoms with E-state index in [0.29, 0.717) is 30.0 Å². The molecule has 0 spiro atoms. The summed E-state index contributed by atoms with van der Waals surface area (Å²) in [4.78, 5) is 9.97. The maximum absolute atomic E-state index is 6.11. The summed E-state index contributed by atoms with van der Waals surface area (Å²) in [6.45, 7) is 14.6. The van der Waals surface area contributed by atoms with Crippen molar-refractivity contribution in [3.8, 4) is 0 Å². The van der Waals surface area contributed by atoms with Crippen molar-refractivity contribution in [3.05, 3.63) is 0 Å². The van der Waals surface area contributed by atoms with E-state index in [1.54, 1.807) is 0 Å². The van der Waals surface area contributed by atoms with Crippen molar-refractivity contribution in [2.45, 2.75) is 51.9 Å². The molecule has 0 aromatic carbocycles. The zero-order chi connectivity index (χ0) is 18.1. The van der Waals surface area contributed by atoms with E-state index < -0.39 is 0 Å². The molecule has 4 fully saturated rings. The topological polar surface area (TPSA) is 49.3 Å². The van der Waals surface area contributed by atoms with Gasteiger partial charge in [0.15, 0.2) is 5.96 Å². The third-order valence-electron chi connectivity index (χ3n) is 6.38. The van der Waals surface area contributed by atoms with Crippen molar-refractivity contribution in [2.75, 3.05) is 52.4 Å². The molecule has 4 rings (SSSR count). The van der Waals surface area contributed by atoms with E-state index in [4.69, 9.17) is 14.5 Å². The molecule has 6 heteroatoms. The van der Waals surface area contributed by atoms with Crippen LogP contribution in [0, 0.1) is 17.8 Å². The van der Waals surface area contributed by atoms with E-state index in [1.807, 2.05) is 0 Å². The highest BCUT2D eigenvalue weighted by Crippen LogP contribution is 2.47. The van der Waals surface area contributed by atoms with Gasteiger partial charge in [0.2, 0.25) is 0 Å². The zero-order valence-corrected chi connectivity index (χ0v) is 16.7. The van der Waals surface area contributed by atoms with E-state index in [-0.39, 0.29) is 6.10 Å². The second-order valence-electron chi connectivity index (χ2n) is 8.86. The first-order chi connectivity index (χ1) is 12.6. The molecule has 5 unspecified atom stereocenters. The molecule has 0 saturated carbocycles. The fraction of sp³-hybridized carbons (Fsp3) is 0.950. The number of aliphatic imine (C=N–C) groups is 1. The summed E-state index contributed by atoms with van der Waals surface area (Å²) in [5, 5.41) is 3.51. The number of nitrogens with zero attached hydrogens (tertiary/aromatic N) is 3. The van der Waals surface area contributed by atoms with Crippen molar-refractivity contribution in [3.63, 3.8) is 0 Å². The van der Waals surface area contributed by atoms with Crippen LogP contribution in [-0.4, -0.2) is 86.5 Å². The van der Waals surface area contributed by atoms with Gasteiger partial charge in [0.25, 0.3) is 0 Å². The summed E-state index contributed by atoms with van der Waals surface area (Å²) in [7, 11) is 0. The van der Waals surface area contributed by atoms with Gasteiger partial charge >= 0.3 is 0 Å². The predicted molar refractivity (Wildman–Crippen MR) is 103 cm³/mol. The zero-order valence-electron chi connectivity index (χ0n) is 16.7. The molecule has 4 heterocycles. The van der Waals surface area contributed by atoms with Crippen LogP contribution in [0.1, 0.15) is 33.6 Å². The van der Waals surface area contributed by atoms with Crippen LogP contribution in [0.4, 0.5) is 0 Å². The first-order valence-electron chi connectivity index (χ1n) is 10.7. The largest absolute Gasteiger partial charge is 0.374 e. The van der Waals surface area contributed by atoms with E-state index in [0.717, 1.165) is 58.4 Å². The first-order valence-corrected chi connectivity index (χ1v) is 10.7. The minimum atomic E-state index is 0.220. The molecule has 6 nitrogen and oxygen atoms in total. The van der Waals surface area contributed by atoms with Crippen molar-refractivity contribution < 1.29 is 9.47 Å². The first kappa shape index (κ1) is 18.5. The van der Waals surface area contributed by atoms with Gasteiger partial charge in [0.05, 0.1) is 31.5 Å². The Morgan fingerprint density at radius 2 is 1.88 bits per heavy atom. The molecule has 0 aromatic rings. The van der Waals surface area contributed by atoms with Crippen LogP contribution in [0.15, 0.2) is 4.99 Å².